The van der Waals surface area contributed by atoms with E-state index in [4.69, 9.17) is 10.5 Å². The molecule has 0 aliphatic heterocycles. The summed E-state index contributed by atoms with van der Waals surface area (Å²) in [4.78, 5) is 11.9. The largest absolute Gasteiger partial charge is 0.396 e. The SMILES string of the molecule is CCOC(C)(C)CNC(=O)Cn1nc(C)c(N)c1C. The van der Waals surface area contributed by atoms with Crippen LogP contribution in [-0.4, -0.2) is 34.4 Å². The fourth-order valence-corrected chi connectivity index (χ4v) is 1.81. The van der Waals surface area contributed by atoms with Crippen molar-refractivity contribution in [2.24, 2.45) is 0 Å². The first-order chi connectivity index (χ1) is 8.76. The molecule has 6 heteroatoms. The Kier molecular flexibility index (Phi) is 4.94. The van der Waals surface area contributed by atoms with Gasteiger partial charge in [-0.05, 0) is 34.6 Å². The van der Waals surface area contributed by atoms with Crippen LogP contribution in [0.15, 0.2) is 0 Å². The van der Waals surface area contributed by atoms with E-state index in [-0.39, 0.29) is 18.1 Å². The van der Waals surface area contributed by atoms with Gasteiger partial charge in [-0.15, -0.1) is 0 Å². The predicted molar refractivity (Wildman–Crippen MR) is 74.8 cm³/mol. The van der Waals surface area contributed by atoms with Crippen molar-refractivity contribution in [3.8, 4) is 0 Å². The Morgan fingerprint density at radius 1 is 1.47 bits per heavy atom. The summed E-state index contributed by atoms with van der Waals surface area (Å²) in [5.41, 5.74) is 7.67. The number of amides is 1. The molecule has 19 heavy (non-hydrogen) atoms. The second-order valence-corrected chi connectivity index (χ2v) is 5.21. The van der Waals surface area contributed by atoms with Gasteiger partial charge in [-0.3, -0.25) is 9.48 Å². The van der Waals surface area contributed by atoms with Crippen LogP contribution in [0.25, 0.3) is 0 Å². The normalized spacial score (nSPS) is 11.6. The number of nitrogens with two attached hydrogens (primary N) is 1. The zero-order valence-electron chi connectivity index (χ0n) is 12.4. The first-order valence-electron chi connectivity index (χ1n) is 6.47. The number of aryl methyl sites for hydroxylation is 1. The molecule has 0 aliphatic carbocycles. The van der Waals surface area contributed by atoms with Crippen molar-refractivity contribution in [3.05, 3.63) is 11.4 Å². The molecule has 0 fully saturated rings. The number of hydrogen-bond acceptors (Lipinski definition) is 4. The van der Waals surface area contributed by atoms with Gasteiger partial charge in [0.1, 0.15) is 6.54 Å². The van der Waals surface area contributed by atoms with E-state index in [1.165, 1.54) is 0 Å². The summed E-state index contributed by atoms with van der Waals surface area (Å²) in [6.07, 6.45) is 0. The summed E-state index contributed by atoms with van der Waals surface area (Å²) in [6, 6.07) is 0. The Balaban J connectivity index is 2.54. The Morgan fingerprint density at radius 3 is 2.58 bits per heavy atom. The summed E-state index contributed by atoms with van der Waals surface area (Å²) >= 11 is 0. The summed E-state index contributed by atoms with van der Waals surface area (Å²) in [6.45, 7) is 10.8. The van der Waals surface area contributed by atoms with Crippen LogP contribution < -0.4 is 11.1 Å². The molecule has 0 atom stereocenters. The van der Waals surface area contributed by atoms with E-state index in [2.05, 4.69) is 10.4 Å². The van der Waals surface area contributed by atoms with E-state index in [0.717, 1.165) is 11.4 Å². The van der Waals surface area contributed by atoms with Crippen molar-refractivity contribution in [1.82, 2.24) is 15.1 Å². The molecule has 0 saturated heterocycles. The van der Waals surface area contributed by atoms with E-state index in [1.54, 1.807) is 4.68 Å². The maximum absolute atomic E-state index is 11.9. The average molecular weight is 268 g/mol. The number of carbonyl (C=O) groups is 1. The number of hydrogen-bond donors (Lipinski definition) is 2. The van der Waals surface area contributed by atoms with Crippen molar-refractivity contribution in [2.75, 3.05) is 18.9 Å². The summed E-state index contributed by atoms with van der Waals surface area (Å²) in [7, 11) is 0. The molecule has 0 spiro atoms. The molecule has 108 valence electrons. The predicted octanol–water partition coefficient (Wildman–Crippen LogP) is 1.01. The lowest BCUT2D eigenvalue weighted by atomic mass is 10.1. The molecule has 1 heterocycles. The lowest BCUT2D eigenvalue weighted by Gasteiger charge is -2.24. The first-order valence-corrected chi connectivity index (χ1v) is 6.47. The number of carbonyl (C=O) groups excluding carboxylic acids is 1. The Morgan fingerprint density at radius 2 is 2.11 bits per heavy atom. The van der Waals surface area contributed by atoms with Crippen LogP contribution in [0.1, 0.15) is 32.2 Å². The molecule has 1 aromatic rings. The molecule has 3 N–H and O–H groups in total. The Bertz CT molecular complexity index is 452. The van der Waals surface area contributed by atoms with Crippen LogP contribution >= 0.6 is 0 Å². The minimum Gasteiger partial charge on any atom is -0.396 e. The third kappa shape index (κ3) is 4.24. The van der Waals surface area contributed by atoms with Gasteiger partial charge in [0.25, 0.3) is 0 Å². The third-order valence-corrected chi connectivity index (χ3v) is 2.98. The molecule has 0 saturated carbocycles. The van der Waals surface area contributed by atoms with Gasteiger partial charge in [0.15, 0.2) is 0 Å². The summed E-state index contributed by atoms with van der Waals surface area (Å²) in [5.74, 6) is -0.0987. The van der Waals surface area contributed by atoms with Crippen molar-refractivity contribution in [3.63, 3.8) is 0 Å². The highest BCUT2D eigenvalue weighted by Crippen LogP contribution is 2.14. The summed E-state index contributed by atoms with van der Waals surface area (Å²) < 4.78 is 7.14. The standard InChI is InChI=1S/C13H24N4O2/c1-6-19-13(4,5)8-15-11(18)7-17-10(3)12(14)9(2)16-17/h6-8,14H2,1-5H3,(H,15,18). The fraction of sp³-hybridized carbons (Fsp3) is 0.692. The van der Waals surface area contributed by atoms with Crippen LogP contribution in [0.3, 0.4) is 0 Å². The van der Waals surface area contributed by atoms with Gasteiger partial charge in [-0.2, -0.15) is 5.10 Å². The molecule has 6 nitrogen and oxygen atoms in total. The second kappa shape index (κ2) is 6.06. The number of nitrogens with zero attached hydrogens (tertiary/aromatic N) is 2. The maximum atomic E-state index is 11.9. The second-order valence-electron chi connectivity index (χ2n) is 5.21. The monoisotopic (exact) mass is 268 g/mol. The number of rotatable bonds is 6. The highest BCUT2D eigenvalue weighted by atomic mass is 16.5. The van der Waals surface area contributed by atoms with Crippen LogP contribution in [0, 0.1) is 13.8 Å². The molecule has 0 unspecified atom stereocenters. The molecule has 0 aromatic carbocycles. The van der Waals surface area contributed by atoms with Crippen LogP contribution in [0.2, 0.25) is 0 Å². The van der Waals surface area contributed by atoms with Crippen molar-refractivity contribution in [1.29, 1.82) is 0 Å². The first kappa shape index (κ1) is 15.5. The van der Waals surface area contributed by atoms with Gasteiger partial charge >= 0.3 is 0 Å². The minimum atomic E-state index is -0.363. The zero-order valence-corrected chi connectivity index (χ0v) is 12.4. The molecule has 1 rings (SSSR count). The van der Waals surface area contributed by atoms with Gasteiger partial charge in [-0.1, -0.05) is 0 Å². The van der Waals surface area contributed by atoms with E-state index < -0.39 is 0 Å². The lowest BCUT2D eigenvalue weighted by molar-refractivity contribution is -0.123. The van der Waals surface area contributed by atoms with Crippen LogP contribution in [-0.2, 0) is 16.1 Å². The van der Waals surface area contributed by atoms with E-state index >= 15 is 0 Å². The van der Waals surface area contributed by atoms with E-state index in [0.29, 0.717) is 18.8 Å². The minimum absolute atomic E-state index is 0.0987. The van der Waals surface area contributed by atoms with E-state index in [1.807, 2.05) is 34.6 Å². The summed E-state index contributed by atoms with van der Waals surface area (Å²) in [5, 5.41) is 7.08. The molecule has 0 radical (unpaired) electrons. The zero-order chi connectivity index (χ0) is 14.6. The van der Waals surface area contributed by atoms with Gasteiger partial charge < -0.3 is 15.8 Å². The number of aromatic nitrogens is 2. The number of ether oxygens (including phenoxy) is 1. The van der Waals surface area contributed by atoms with Gasteiger partial charge in [0.2, 0.25) is 5.91 Å². The van der Waals surface area contributed by atoms with Crippen molar-refractivity contribution >= 4 is 11.6 Å². The topological polar surface area (TPSA) is 82.2 Å². The number of nitrogen functional groups attached to an aromatic ring is 1. The van der Waals surface area contributed by atoms with Crippen molar-refractivity contribution in [2.45, 2.75) is 46.8 Å². The molecular weight excluding hydrogens is 244 g/mol. The van der Waals surface area contributed by atoms with Crippen LogP contribution in [0.5, 0.6) is 0 Å². The molecular formula is C13H24N4O2. The third-order valence-electron chi connectivity index (χ3n) is 2.98. The molecule has 0 bridgehead atoms. The molecule has 0 aliphatic rings. The lowest BCUT2D eigenvalue weighted by Crippen LogP contribution is -2.41. The van der Waals surface area contributed by atoms with Gasteiger partial charge in [-0.25, -0.2) is 0 Å². The van der Waals surface area contributed by atoms with Crippen molar-refractivity contribution < 1.29 is 9.53 Å². The molecule has 1 aromatic heterocycles. The van der Waals surface area contributed by atoms with Gasteiger partial charge in [0, 0.05) is 13.2 Å². The average Bonchev–Trinajstić information content (AvgIpc) is 2.55. The maximum Gasteiger partial charge on any atom is 0.241 e. The van der Waals surface area contributed by atoms with Crippen LogP contribution in [0.4, 0.5) is 5.69 Å². The quantitative estimate of drug-likeness (QED) is 0.807. The highest BCUT2D eigenvalue weighted by molar-refractivity contribution is 5.76. The highest BCUT2D eigenvalue weighted by Gasteiger charge is 2.19. The smallest absolute Gasteiger partial charge is 0.241 e. The number of anilines is 1. The fourth-order valence-electron chi connectivity index (χ4n) is 1.81. The molecule has 1 amide bonds. The Hall–Kier alpha value is -1.56. The van der Waals surface area contributed by atoms with E-state index in [9.17, 15) is 4.79 Å². The number of nitrogens with one attached hydrogen (secondary N) is 1. The van der Waals surface area contributed by atoms with Gasteiger partial charge in [0.05, 0.1) is 22.7 Å². The Labute approximate surface area is 114 Å².